The van der Waals surface area contributed by atoms with Gasteiger partial charge in [0.15, 0.2) is 0 Å². The van der Waals surface area contributed by atoms with E-state index in [1.54, 1.807) is 0 Å². The normalized spacial score (nSPS) is 10.2. The minimum Gasteiger partial charge on any atom is -0.352 e. The smallest absolute Gasteiger partial charge is 0.252 e. The van der Waals surface area contributed by atoms with E-state index in [-0.39, 0.29) is 5.91 Å². The maximum Gasteiger partial charge on any atom is 0.252 e. The van der Waals surface area contributed by atoms with E-state index >= 15 is 0 Å². The lowest BCUT2D eigenvalue weighted by Gasteiger charge is -2.08. The summed E-state index contributed by atoms with van der Waals surface area (Å²) >= 11 is 3.42. The largest absolute Gasteiger partial charge is 0.352 e. The molecule has 1 aromatic carbocycles. The summed E-state index contributed by atoms with van der Waals surface area (Å²) in [6.45, 7) is 3.32. The third-order valence-electron chi connectivity index (χ3n) is 2.35. The zero-order valence-corrected chi connectivity index (χ0v) is 11.0. The maximum absolute atomic E-state index is 11.8. The molecule has 0 atom stereocenters. The second-order valence-corrected chi connectivity index (χ2v) is 4.48. The van der Waals surface area contributed by atoms with E-state index in [2.05, 4.69) is 21.2 Å². The summed E-state index contributed by atoms with van der Waals surface area (Å²) in [5, 5.41) is 2.88. The summed E-state index contributed by atoms with van der Waals surface area (Å²) in [4.78, 5) is 11.8. The Kier molecular flexibility index (Phi) is 5.49. The Bertz CT molecular complexity index is 366. The minimum atomic E-state index is -0.0346. The molecule has 0 saturated heterocycles. The topological polar surface area (TPSA) is 55.1 Å². The van der Waals surface area contributed by atoms with Crippen molar-refractivity contribution < 1.29 is 4.79 Å². The lowest BCUT2D eigenvalue weighted by molar-refractivity contribution is 0.0952. The number of carbonyl (C=O) groups excluding carboxylic acids is 1. The number of rotatable bonds is 5. The average molecular weight is 285 g/mol. The Labute approximate surface area is 105 Å². The van der Waals surface area contributed by atoms with E-state index in [0.717, 1.165) is 22.9 Å². The SMILES string of the molecule is Cc1cccc(C(=O)NCCCCN)c1Br. The zero-order chi connectivity index (χ0) is 12.0. The van der Waals surface area contributed by atoms with Gasteiger partial charge in [-0.05, 0) is 53.9 Å². The molecule has 1 aromatic rings. The molecule has 3 N–H and O–H groups in total. The molecule has 0 aliphatic carbocycles. The molecule has 0 heterocycles. The zero-order valence-electron chi connectivity index (χ0n) is 9.42. The van der Waals surface area contributed by atoms with Crippen molar-refractivity contribution in [2.45, 2.75) is 19.8 Å². The molecule has 0 unspecified atom stereocenters. The predicted molar refractivity (Wildman–Crippen MR) is 69.5 cm³/mol. The Morgan fingerprint density at radius 1 is 1.44 bits per heavy atom. The summed E-state index contributed by atoms with van der Waals surface area (Å²) in [7, 11) is 0. The fourth-order valence-corrected chi connectivity index (χ4v) is 1.83. The number of unbranched alkanes of at least 4 members (excludes halogenated alkanes) is 1. The molecule has 0 fully saturated rings. The van der Waals surface area contributed by atoms with Crippen LogP contribution in [0.3, 0.4) is 0 Å². The van der Waals surface area contributed by atoms with Crippen molar-refractivity contribution in [3.8, 4) is 0 Å². The van der Waals surface area contributed by atoms with E-state index in [1.165, 1.54) is 0 Å². The molecule has 16 heavy (non-hydrogen) atoms. The van der Waals surface area contributed by atoms with Gasteiger partial charge in [0.25, 0.3) is 5.91 Å². The third kappa shape index (κ3) is 3.61. The van der Waals surface area contributed by atoms with Crippen molar-refractivity contribution in [2.75, 3.05) is 13.1 Å². The fourth-order valence-electron chi connectivity index (χ4n) is 1.39. The molecule has 0 bridgehead atoms. The second kappa shape index (κ2) is 6.66. The lowest BCUT2D eigenvalue weighted by atomic mass is 10.1. The summed E-state index contributed by atoms with van der Waals surface area (Å²) in [6.07, 6.45) is 1.86. The minimum absolute atomic E-state index is 0.0346. The highest BCUT2D eigenvalue weighted by Crippen LogP contribution is 2.20. The number of benzene rings is 1. The van der Waals surface area contributed by atoms with Crippen LogP contribution >= 0.6 is 15.9 Å². The molecule has 1 rings (SSSR count). The highest BCUT2D eigenvalue weighted by atomic mass is 79.9. The first kappa shape index (κ1) is 13.2. The van der Waals surface area contributed by atoms with Gasteiger partial charge in [0, 0.05) is 11.0 Å². The monoisotopic (exact) mass is 284 g/mol. The van der Waals surface area contributed by atoms with Crippen LogP contribution < -0.4 is 11.1 Å². The highest BCUT2D eigenvalue weighted by molar-refractivity contribution is 9.10. The van der Waals surface area contributed by atoms with E-state index in [1.807, 2.05) is 25.1 Å². The van der Waals surface area contributed by atoms with E-state index in [0.29, 0.717) is 18.7 Å². The summed E-state index contributed by atoms with van der Waals surface area (Å²) in [5.41, 5.74) is 7.13. The van der Waals surface area contributed by atoms with Crippen LogP contribution in [0.2, 0.25) is 0 Å². The van der Waals surface area contributed by atoms with Gasteiger partial charge in [-0.2, -0.15) is 0 Å². The molecular formula is C12H17BrN2O. The highest BCUT2D eigenvalue weighted by Gasteiger charge is 2.09. The molecule has 0 saturated carbocycles. The van der Waals surface area contributed by atoms with Crippen LogP contribution in [-0.2, 0) is 0 Å². The molecule has 0 aliphatic rings. The van der Waals surface area contributed by atoms with Crippen molar-refractivity contribution in [3.63, 3.8) is 0 Å². The van der Waals surface area contributed by atoms with Gasteiger partial charge in [-0.15, -0.1) is 0 Å². The summed E-state index contributed by atoms with van der Waals surface area (Å²) in [6, 6.07) is 5.67. The Balaban J connectivity index is 2.56. The van der Waals surface area contributed by atoms with E-state index < -0.39 is 0 Å². The van der Waals surface area contributed by atoms with Gasteiger partial charge in [0.2, 0.25) is 0 Å². The molecule has 88 valence electrons. The van der Waals surface area contributed by atoms with Crippen LogP contribution in [0.1, 0.15) is 28.8 Å². The first-order valence-corrected chi connectivity index (χ1v) is 6.19. The molecular weight excluding hydrogens is 268 g/mol. The molecule has 3 nitrogen and oxygen atoms in total. The third-order valence-corrected chi connectivity index (χ3v) is 3.41. The van der Waals surface area contributed by atoms with Crippen molar-refractivity contribution in [1.82, 2.24) is 5.32 Å². The maximum atomic E-state index is 11.8. The number of hydrogen-bond acceptors (Lipinski definition) is 2. The van der Waals surface area contributed by atoms with Gasteiger partial charge >= 0.3 is 0 Å². The number of aryl methyl sites for hydroxylation is 1. The van der Waals surface area contributed by atoms with Gasteiger partial charge in [0.05, 0.1) is 5.56 Å². The van der Waals surface area contributed by atoms with Gasteiger partial charge in [0.1, 0.15) is 0 Å². The summed E-state index contributed by atoms with van der Waals surface area (Å²) < 4.78 is 0.867. The first-order valence-electron chi connectivity index (χ1n) is 5.40. The summed E-state index contributed by atoms with van der Waals surface area (Å²) in [5.74, 6) is -0.0346. The van der Waals surface area contributed by atoms with Gasteiger partial charge in [-0.25, -0.2) is 0 Å². The molecule has 0 spiro atoms. The van der Waals surface area contributed by atoms with Crippen molar-refractivity contribution >= 4 is 21.8 Å². The van der Waals surface area contributed by atoms with Gasteiger partial charge in [-0.3, -0.25) is 4.79 Å². The van der Waals surface area contributed by atoms with Crippen LogP contribution in [-0.4, -0.2) is 19.0 Å². The van der Waals surface area contributed by atoms with Crippen molar-refractivity contribution in [1.29, 1.82) is 0 Å². The molecule has 0 radical (unpaired) electrons. The van der Waals surface area contributed by atoms with Crippen molar-refractivity contribution in [2.24, 2.45) is 5.73 Å². The molecule has 4 heteroatoms. The van der Waals surface area contributed by atoms with Gasteiger partial charge < -0.3 is 11.1 Å². The Hall–Kier alpha value is -0.870. The molecule has 0 aliphatic heterocycles. The van der Waals surface area contributed by atoms with E-state index in [9.17, 15) is 4.79 Å². The second-order valence-electron chi connectivity index (χ2n) is 3.69. The number of amides is 1. The first-order chi connectivity index (χ1) is 7.66. The number of nitrogens with two attached hydrogens (primary N) is 1. The number of hydrogen-bond donors (Lipinski definition) is 2. The van der Waals surface area contributed by atoms with Crippen LogP contribution in [0.4, 0.5) is 0 Å². The number of halogens is 1. The van der Waals surface area contributed by atoms with Gasteiger partial charge in [-0.1, -0.05) is 12.1 Å². The van der Waals surface area contributed by atoms with Crippen LogP contribution in [0.15, 0.2) is 22.7 Å². The van der Waals surface area contributed by atoms with Crippen LogP contribution in [0, 0.1) is 6.92 Å². The Morgan fingerprint density at radius 2 is 2.19 bits per heavy atom. The average Bonchev–Trinajstić information content (AvgIpc) is 2.28. The predicted octanol–water partition coefficient (Wildman–Crippen LogP) is 2.23. The van der Waals surface area contributed by atoms with Crippen LogP contribution in [0.5, 0.6) is 0 Å². The fraction of sp³-hybridized carbons (Fsp3) is 0.417. The number of nitrogens with one attached hydrogen (secondary N) is 1. The number of carbonyl (C=O) groups is 1. The lowest BCUT2D eigenvalue weighted by Crippen LogP contribution is -2.25. The standard InChI is InChI=1S/C12H17BrN2O/c1-9-5-4-6-10(11(9)13)12(16)15-8-3-2-7-14/h4-6H,2-3,7-8,14H2,1H3,(H,15,16). The molecule has 1 amide bonds. The quantitative estimate of drug-likeness (QED) is 0.815. The van der Waals surface area contributed by atoms with Crippen LogP contribution in [0.25, 0.3) is 0 Å². The molecule has 0 aromatic heterocycles. The van der Waals surface area contributed by atoms with Crippen molar-refractivity contribution in [3.05, 3.63) is 33.8 Å². The Morgan fingerprint density at radius 3 is 2.88 bits per heavy atom. The van der Waals surface area contributed by atoms with E-state index in [4.69, 9.17) is 5.73 Å².